The summed E-state index contributed by atoms with van der Waals surface area (Å²) in [4.78, 5) is 2.91. The van der Waals surface area contributed by atoms with E-state index < -0.39 is 0 Å². The van der Waals surface area contributed by atoms with E-state index in [2.05, 4.69) is 37.3 Å². The fraction of sp³-hybridized carbons (Fsp3) is 0.412. The molecule has 1 atom stereocenters. The van der Waals surface area contributed by atoms with E-state index in [0.29, 0.717) is 0 Å². The van der Waals surface area contributed by atoms with Gasteiger partial charge in [-0.2, -0.15) is 0 Å². The quantitative estimate of drug-likeness (QED) is 0.806. The van der Waals surface area contributed by atoms with Crippen LogP contribution in [0.2, 0.25) is 0 Å². The van der Waals surface area contributed by atoms with Gasteiger partial charge in [-0.15, -0.1) is 11.3 Å². The van der Waals surface area contributed by atoms with E-state index in [1.807, 2.05) is 11.3 Å². The van der Waals surface area contributed by atoms with Gasteiger partial charge in [-0.25, -0.2) is 0 Å². The van der Waals surface area contributed by atoms with Gasteiger partial charge in [0.2, 0.25) is 0 Å². The molecule has 19 heavy (non-hydrogen) atoms. The van der Waals surface area contributed by atoms with Gasteiger partial charge in [0, 0.05) is 9.75 Å². The van der Waals surface area contributed by atoms with Crippen LogP contribution in [0.1, 0.15) is 51.7 Å². The molecule has 0 amide bonds. The predicted molar refractivity (Wildman–Crippen MR) is 82.8 cm³/mol. The molecule has 1 aliphatic carbocycles. The maximum atomic E-state index is 6.43. The summed E-state index contributed by atoms with van der Waals surface area (Å²) < 4.78 is 0. The molecule has 2 aromatic rings. The topological polar surface area (TPSA) is 26.0 Å². The van der Waals surface area contributed by atoms with E-state index in [-0.39, 0.29) is 6.04 Å². The number of hydrogen-bond donors (Lipinski definition) is 1. The van der Waals surface area contributed by atoms with Gasteiger partial charge in [-0.3, -0.25) is 0 Å². The molecule has 0 fully saturated rings. The highest BCUT2D eigenvalue weighted by Crippen LogP contribution is 2.33. The predicted octanol–water partition coefficient (Wildman–Crippen LogP) is 4.37. The van der Waals surface area contributed by atoms with Gasteiger partial charge in [-0.05, 0) is 49.8 Å². The zero-order valence-corrected chi connectivity index (χ0v) is 12.3. The molecular weight excluding hydrogens is 250 g/mol. The molecular formula is C17H21NS. The minimum atomic E-state index is 0.0394. The van der Waals surface area contributed by atoms with Crippen molar-refractivity contribution in [2.75, 3.05) is 0 Å². The standard InChI is InChI=1S/C17H21NS/c1-12-7-9-13(10-8-12)17(18)16-11-14-5-3-2-4-6-15(14)19-16/h7-11,17H,2-6,18H2,1H3. The number of hydrogen-bond acceptors (Lipinski definition) is 2. The SMILES string of the molecule is Cc1ccc(C(N)c2cc3c(s2)CCCCC3)cc1. The number of fused-ring (bicyclic) bond motifs is 1. The van der Waals surface area contributed by atoms with Gasteiger partial charge in [0.15, 0.2) is 0 Å². The number of nitrogens with two attached hydrogens (primary N) is 1. The van der Waals surface area contributed by atoms with Crippen molar-refractivity contribution in [1.29, 1.82) is 0 Å². The Kier molecular flexibility index (Phi) is 3.72. The lowest BCUT2D eigenvalue weighted by Crippen LogP contribution is -2.10. The Bertz CT molecular complexity index is 530. The van der Waals surface area contributed by atoms with E-state index >= 15 is 0 Å². The molecule has 0 saturated carbocycles. The molecule has 0 radical (unpaired) electrons. The molecule has 3 rings (SSSR count). The summed E-state index contributed by atoms with van der Waals surface area (Å²) in [6.07, 6.45) is 6.55. The first kappa shape index (κ1) is 12.9. The molecule has 1 heterocycles. The van der Waals surface area contributed by atoms with Crippen LogP contribution in [0.4, 0.5) is 0 Å². The molecule has 1 nitrogen and oxygen atoms in total. The minimum absolute atomic E-state index is 0.0394. The molecule has 2 N–H and O–H groups in total. The Hall–Kier alpha value is -1.12. The summed E-state index contributed by atoms with van der Waals surface area (Å²) in [5, 5.41) is 0. The summed E-state index contributed by atoms with van der Waals surface area (Å²) in [6.45, 7) is 2.11. The number of aryl methyl sites for hydroxylation is 3. The maximum Gasteiger partial charge on any atom is 0.0646 e. The molecule has 1 unspecified atom stereocenters. The van der Waals surface area contributed by atoms with Crippen LogP contribution in [0, 0.1) is 6.92 Å². The van der Waals surface area contributed by atoms with Gasteiger partial charge < -0.3 is 5.73 Å². The van der Waals surface area contributed by atoms with Crippen molar-refractivity contribution < 1.29 is 0 Å². The third-order valence-corrected chi connectivity index (χ3v) is 5.33. The average Bonchev–Trinajstić information content (AvgIpc) is 2.70. The highest BCUT2D eigenvalue weighted by molar-refractivity contribution is 7.12. The van der Waals surface area contributed by atoms with Gasteiger partial charge in [0.25, 0.3) is 0 Å². The van der Waals surface area contributed by atoms with Crippen LogP contribution in [-0.2, 0) is 12.8 Å². The van der Waals surface area contributed by atoms with Crippen LogP contribution in [0.25, 0.3) is 0 Å². The molecule has 100 valence electrons. The molecule has 1 aromatic heterocycles. The van der Waals surface area contributed by atoms with Crippen LogP contribution in [0.3, 0.4) is 0 Å². The number of benzene rings is 1. The van der Waals surface area contributed by atoms with Crippen LogP contribution in [-0.4, -0.2) is 0 Å². The number of thiophene rings is 1. The Morgan fingerprint density at radius 1 is 1.05 bits per heavy atom. The van der Waals surface area contributed by atoms with Crippen molar-refractivity contribution in [3.8, 4) is 0 Å². The molecule has 0 spiro atoms. The molecule has 2 heteroatoms. The lowest BCUT2D eigenvalue weighted by Gasteiger charge is -2.10. The zero-order chi connectivity index (χ0) is 13.2. The first-order valence-corrected chi connectivity index (χ1v) is 7.99. The Balaban J connectivity index is 1.87. The molecule has 0 saturated heterocycles. The average molecular weight is 271 g/mol. The number of rotatable bonds is 2. The molecule has 0 bridgehead atoms. The van der Waals surface area contributed by atoms with Crippen molar-refractivity contribution in [3.05, 3.63) is 56.8 Å². The fourth-order valence-corrected chi connectivity index (χ4v) is 4.07. The highest BCUT2D eigenvalue weighted by atomic mass is 32.1. The third-order valence-electron chi connectivity index (χ3n) is 4.01. The fourth-order valence-electron chi connectivity index (χ4n) is 2.78. The van der Waals surface area contributed by atoms with Crippen molar-refractivity contribution in [1.82, 2.24) is 0 Å². The normalized spacial score (nSPS) is 16.7. The first-order valence-electron chi connectivity index (χ1n) is 7.17. The van der Waals surface area contributed by atoms with Crippen LogP contribution in [0.15, 0.2) is 30.3 Å². The summed E-state index contributed by atoms with van der Waals surface area (Å²) in [5.74, 6) is 0. The summed E-state index contributed by atoms with van der Waals surface area (Å²) in [6, 6.07) is 11.0. The van der Waals surface area contributed by atoms with E-state index in [4.69, 9.17) is 5.73 Å². The molecule has 1 aliphatic rings. The van der Waals surface area contributed by atoms with Crippen molar-refractivity contribution in [2.24, 2.45) is 5.73 Å². The Morgan fingerprint density at radius 2 is 1.79 bits per heavy atom. The van der Waals surface area contributed by atoms with Crippen molar-refractivity contribution >= 4 is 11.3 Å². The maximum absolute atomic E-state index is 6.43. The Labute approximate surface area is 119 Å². The first-order chi connectivity index (χ1) is 9.24. The van der Waals surface area contributed by atoms with E-state index in [0.717, 1.165) is 0 Å². The highest BCUT2D eigenvalue weighted by Gasteiger charge is 2.17. The van der Waals surface area contributed by atoms with Crippen molar-refractivity contribution in [3.63, 3.8) is 0 Å². The van der Waals surface area contributed by atoms with Crippen molar-refractivity contribution in [2.45, 2.75) is 45.1 Å². The van der Waals surface area contributed by atoms with Gasteiger partial charge in [-0.1, -0.05) is 36.2 Å². The van der Waals surface area contributed by atoms with E-state index in [1.54, 1.807) is 10.4 Å². The zero-order valence-electron chi connectivity index (χ0n) is 11.5. The summed E-state index contributed by atoms with van der Waals surface area (Å²) in [7, 11) is 0. The Morgan fingerprint density at radius 3 is 2.58 bits per heavy atom. The van der Waals surface area contributed by atoms with Crippen LogP contribution < -0.4 is 5.73 Å². The summed E-state index contributed by atoms with van der Waals surface area (Å²) >= 11 is 1.93. The second-order valence-electron chi connectivity index (χ2n) is 5.55. The third kappa shape index (κ3) is 2.75. The van der Waals surface area contributed by atoms with Gasteiger partial charge >= 0.3 is 0 Å². The lowest BCUT2D eigenvalue weighted by atomic mass is 10.0. The van der Waals surface area contributed by atoms with Gasteiger partial charge in [0.05, 0.1) is 6.04 Å². The molecule has 1 aromatic carbocycles. The monoisotopic (exact) mass is 271 g/mol. The summed E-state index contributed by atoms with van der Waals surface area (Å²) in [5.41, 5.74) is 10.5. The smallest absolute Gasteiger partial charge is 0.0646 e. The second kappa shape index (κ2) is 5.48. The minimum Gasteiger partial charge on any atom is -0.320 e. The molecule has 0 aliphatic heterocycles. The van der Waals surface area contributed by atoms with E-state index in [9.17, 15) is 0 Å². The second-order valence-corrected chi connectivity index (χ2v) is 6.71. The van der Waals surface area contributed by atoms with Crippen LogP contribution in [0.5, 0.6) is 0 Å². The van der Waals surface area contributed by atoms with Gasteiger partial charge in [0.1, 0.15) is 0 Å². The lowest BCUT2D eigenvalue weighted by molar-refractivity contribution is 0.712. The van der Waals surface area contributed by atoms with Crippen LogP contribution >= 0.6 is 11.3 Å². The van der Waals surface area contributed by atoms with E-state index in [1.165, 1.54) is 48.1 Å². The largest absolute Gasteiger partial charge is 0.320 e.